The fourth-order valence-corrected chi connectivity index (χ4v) is 3.51. The number of nitrogens with two attached hydrogens (primary N) is 1. The van der Waals surface area contributed by atoms with Crippen molar-refractivity contribution in [2.75, 3.05) is 31.9 Å². The van der Waals surface area contributed by atoms with Gasteiger partial charge >= 0.3 is 0 Å². The predicted molar refractivity (Wildman–Crippen MR) is 88.4 cm³/mol. The molecule has 0 saturated carbocycles. The summed E-state index contributed by atoms with van der Waals surface area (Å²) in [4.78, 5) is 15.4. The number of likely N-dealkylation sites (tertiary alicyclic amines) is 1. The maximum Gasteiger partial charge on any atom is 0.234 e. The molecule has 1 aliphatic heterocycles. The quantitative estimate of drug-likeness (QED) is 0.593. The van der Waals surface area contributed by atoms with Gasteiger partial charge < -0.3 is 11.1 Å². The van der Waals surface area contributed by atoms with Crippen molar-refractivity contribution in [3.05, 3.63) is 30.3 Å². The fraction of sp³-hybridized carbons (Fsp3) is 0.562. The highest BCUT2D eigenvalue weighted by molar-refractivity contribution is 7.99. The van der Waals surface area contributed by atoms with E-state index in [1.54, 1.807) is 11.8 Å². The molecule has 1 saturated heterocycles. The summed E-state index contributed by atoms with van der Waals surface area (Å²) in [5, 5.41) is 3.00. The molecule has 1 aromatic carbocycles. The van der Waals surface area contributed by atoms with Gasteiger partial charge in [-0.25, -0.2) is 0 Å². The first-order chi connectivity index (χ1) is 10.2. The molecule has 0 radical (unpaired) electrons. The van der Waals surface area contributed by atoms with Crippen molar-refractivity contribution in [1.29, 1.82) is 0 Å². The number of carbonyl (C=O) groups excluding carboxylic acids is 1. The molecule has 2 unspecified atom stereocenters. The van der Waals surface area contributed by atoms with Gasteiger partial charge in [0, 0.05) is 29.8 Å². The van der Waals surface area contributed by atoms with E-state index in [1.165, 1.54) is 4.90 Å². The van der Waals surface area contributed by atoms with Crippen LogP contribution in [0, 0.1) is 5.92 Å². The average molecular weight is 307 g/mol. The monoisotopic (exact) mass is 307 g/mol. The minimum atomic E-state index is 0.119. The first-order valence-corrected chi connectivity index (χ1v) is 8.56. The minimum absolute atomic E-state index is 0.119. The maximum atomic E-state index is 12.0. The molecule has 0 bridgehead atoms. The zero-order valence-electron chi connectivity index (χ0n) is 12.6. The Morgan fingerprint density at radius 2 is 2.19 bits per heavy atom. The molecule has 1 amide bonds. The van der Waals surface area contributed by atoms with Gasteiger partial charge in [0.1, 0.15) is 0 Å². The average Bonchev–Trinajstić information content (AvgIpc) is 2.85. The van der Waals surface area contributed by atoms with Crippen molar-refractivity contribution in [3.8, 4) is 0 Å². The fourth-order valence-electron chi connectivity index (χ4n) is 2.73. The van der Waals surface area contributed by atoms with Gasteiger partial charge in [-0.15, -0.1) is 11.8 Å². The van der Waals surface area contributed by atoms with Crippen LogP contribution < -0.4 is 11.1 Å². The molecule has 1 heterocycles. The summed E-state index contributed by atoms with van der Waals surface area (Å²) in [7, 11) is 0. The Hall–Kier alpha value is -1.04. The number of thioether (sulfide) groups is 1. The lowest BCUT2D eigenvalue weighted by Crippen LogP contribution is -2.39. The van der Waals surface area contributed by atoms with E-state index in [0.717, 1.165) is 25.3 Å². The van der Waals surface area contributed by atoms with E-state index in [4.69, 9.17) is 5.73 Å². The van der Waals surface area contributed by atoms with E-state index < -0.39 is 0 Å². The van der Waals surface area contributed by atoms with E-state index in [1.807, 2.05) is 18.2 Å². The Morgan fingerprint density at radius 3 is 2.86 bits per heavy atom. The van der Waals surface area contributed by atoms with Crippen LogP contribution in [0.4, 0.5) is 0 Å². The molecule has 0 spiro atoms. The molecule has 116 valence electrons. The topological polar surface area (TPSA) is 58.4 Å². The van der Waals surface area contributed by atoms with Crippen molar-refractivity contribution in [1.82, 2.24) is 10.2 Å². The van der Waals surface area contributed by atoms with Crippen LogP contribution in [0.5, 0.6) is 0 Å². The number of hydrogen-bond acceptors (Lipinski definition) is 4. The third-order valence-corrected chi connectivity index (χ3v) is 4.92. The standard InChI is InChI=1S/C16H25N3OS/c1-13-9-14(10-17)11-19(13)12-16(20)18-7-8-21-15-5-3-2-4-6-15/h2-6,13-14H,7-12,17H2,1H3,(H,18,20). The van der Waals surface area contributed by atoms with Crippen molar-refractivity contribution < 1.29 is 4.79 Å². The Morgan fingerprint density at radius 1 is 1.43 bits per heavy atom. The summed E-state index contributed by atoms with van der Waals surface area (Å²) in [6.45, 7) is 5.04. The normalized spacial score (nSPS) is 22.4. The Bertz CT molecular complexity index is 440. The van der Waals surface area contributed by atoms with E-state index in [2.05, 4.69) is 29.3 Å². The summed E-state index contributed by atoms with van der Waals surface area (Å²) in [5.41, 5.74) is 5.71. The molecule has 3 N–H and O–H groups in total. The number of carbonyl (C=O) groups is 1. The lowest BCUT2D eigenvalue weighted by atomic mass is 10.1. The summed E-state index contributed by atoms with van der Waals surface area (Å²) < 4.78 is 0. The van der Waals surface area contributed by atoms with Crippen molar-refractivity contribution in [2.24, 2.45) is 11.7 Å². The highest BCUT2D eigenvalue weighted by Gasteiger charge is 2.29. The molecule has 0 aromatic heterocycles. The van der Waals surface area contributed by atoms with Crippen LogP contribution in [0.3, 0.4) is 0 Å². The number of benzene rings is 1. The Labute approximate surface area is 131 Å². The van der Waals surface area contributed by atoms with Crippen LogP contribution in [0.2, 0.25) is 0 Å². The van der Waals surface area contributed by atoms with E-state index in [-0.39, 0.29) is 5.91 Å². The summed E-state index contributed by atoms with van der Waals surface area (Å²) in [6, 6.07) is 10.7. The van der Waals surface area contributed by atoms with E-state index in [0.29, 0.717) is 25.0 Å². The van der Waals surface area contributed by atoms with Crippen LogP contribution in [-0.2, 0) is 4.79 Å². The maximum absolute atomic E-state index is 12.0. The summed E-state index contributed by atoms with van der Waals surface area (Å²) in [5.74, 6) is 1.56. The van der Waals surface area contributed by atoms with Crippen LogP contribution in [0.25, 0.3) is 0 Å². The molecule has 1 fully saturated rings. The third-order valence-electron chi connectivity index (χ3n) is 3.91. The lowest BCUT2D eigenvalue weighted by Gasteiger charge is -2.20. The molecule has 0 aliphatic carbocycles. The number of hydrogen-bond donors (Lipinski definition) is 2. The van der Waals surface area contributed by atoms with Crippen molar-refractivity contribution in [2.45, 2.75) is 24.3 Å². The molecular weight excluding hydrogens is 282 g/mol. The van der Waals surface area contributed by atoms with Gasteiger partial charge in [0.15, 0.2) is 0 Å². The van der Waals surface area contributed by atoms with Gasteiger partial charge in [0.2, 0.25) is 5.91 Å². The van der Waals surface area contributed by atoms with Gasteiger partial charge in [-0.2, -0.15) is 0 Å². The van der Waals surface area contributed by atoms with Crippen LogP contribution in [0.15, 0.2) is 35.2 Å². The highest BCUT2D eigenvalue weighted by atomic mass is 32.2. The second-order valence-electron chi connectivity index (χ2n) is 5.63. The highest BCUT2D eigenvalue weighted by Crippen LogP contribution is 2.21. The predicted octanol–water partition coefficient (Wildman–Crippen LogP) is 1.56. The molecule has 21 heavy (non-hydrogen) atoms. The molecule has 1 aliphatic rings. The van der Waals surface area contributed by atoms with E-state index >= 15 is 0 Å². The lowest BCUT2D eigenvalue weighted by molar-refractivity contribution is -0.122. The zero-order chi connectivity index (χ0) is 15.1. The molecule has 4 nitrogen and oxygen atoms in total. The second-order valence-corrected chi connectivity index (χ2v) is 6.80. The first-order valence-electron chi connectivity index (χ1n) is 7.57. The third kappa shape index (κ3) is 5.34. The largest absolute Gasteiger partial charge is 0.354 e. The first kappa shape index (κ1) is 16.3. The van der Waals surface area contributed by atoms with Crippen molar-refractivity contribution in [3.63, 3.8) is 0 Å². The van der Waals surface area contributed by atoms with Crippen LogP contribution >= 0.6 is 11.8 Å². The zero-order valence-corrected chi connectivity index (χ0v) is 13.4. The van der Waals surface area contributed by atoms with Gasteiger partial charge in [-0.05, 0) is 37.9 Å². The van der Waals surface area contributed by atoms with Crippen LogP contribution in [-0.4, -0.2) is 48.8 Å². The second kappa shape index (κ2) is 8.41. The van der Waals surface area contributed by atoms with Crippen LogP contribution in [0.1, 0.15) is 13.3 Å². The van der Waals surface area contributed by atoms with Crippen molar-refractivity contribution >= 4 is 17.7 Å². The molecule has 5 heteroatoms. The summed E-state index contributed by atoms with van der Waals surface area (Å²) in [6.07, 6.45) is 1.10. The summed E-state index contributed by atoms with van der Waals surface area (Å²) >= 11 is 1.76. The molecular formula is C16H25N3OS. The SMILES string of the molecule is CC1CC(CN)CN1CC(=O)NCCSc1ccccc1. The van der Waals surface area contributed by atoms with Gasteiger partial charge in [-0.1, -0.05) is 18.2 Å². The molecule has 2 atom stereocenters. The smallest absolute Gasteiger partial charge is 0.234 e. The molecule has 1 aromatic rings. The number of amides is 1. The van der Waals surface area contributed by atoms with Gasteiger partial charge in [0.25, 0.3) is 0 Å². The number of nitrogens with one attached hydrogen (secondary N) is 1. The number of rotatable bonds is 7. The molecule has 2 rings (SSSR count). The Kier molecular flexibility index (Phi) is 6.54. The number of nitrogens with zero attached hydrogens (tertiary/aromatic N) is 1. The van der Waals surface area contributed by atoms with Gasteiger partial charge in [0.05, 0.1) is 6.54 Å². The minimum Gasteiger partial charge on any atom is -0.354 e. The van der Waals surface area contributed by atoms with E-state index in [9.17, 15) is 4.79 Å². The van der Waals surface area contributed by atoms with Gasteiger partial charge in [-0.3, -0.25) is 9.69 Å². The Balaban J connectivity index is 1.62.